The number of aromatic nitrogens is 2. The Hall–Kier alpha value is -3.50. The number of hydrogen-bond donors (Lipinski definition) is 3. The van der Waals surface area contributed by atoms with Crippen molar-refractivity contribution in [3.05, 3.63) is 76.8 Å². The summed E-state index contributed by atoms with van der Waals surface area (Å²) >= 11 is 2.66. The minimum absolute atomic E-state index is 0.0583. The second kappa shape index (κ2) is 10.7. The summed E-state index contributed by atoms with van der Waals surface area (Å²) in [6.07, 6.45) is 1.02. The third-order valence-electron chi connectivity index (χ3n) is 4.16. The van der Waals surface area contributed by atoms with E-state index in [1.54, 1.807) is 24.3 Å². The zero-order chi connectivity index (χ0) is 23.1. The van der Waals surface area contributed by atoms with Gasteiger partial charge in [0, 0.05) is 22.2 Å². The van der Waals surface area contributed by atoms with Crippen molar-refractivity contribution in [3.8, 4) is 0 Å². The molecule has 2 aromatic carbocycles. The van der Waals surface area contributed by atoms with E-state index in [-0.39, 0.29) is 11.5 Å². The van der Waals surface area contributed by atoms with Gasteiger partial charge in [-0.15, -0.1) is 22.0 Å². The van der Waals surface area contributed by atoms with Crippen molar-refractivity contribution in [1.29, 1.82) is 0 Å². The molecule has 0 aliphatic carbocycles. The van der Waals surface area contributed by atoms with Crippen LogP contribution in [-0.4, -0.2) is 33.1 Å². The normalized spacial score (nSPS) is 12.1. The smallest absolute Gasteiger partial charge is 0.331 e. The van der Waals surface area contributed by atoms with Gasteiger partial charge in [-0.25, -0.2) is 4.79 Å². The van der Waals surface area contributed by atoms with Crippen LogP contribution in [0.1, 0.15) is 22.7 Å². The van der Waals surface area contributed by atoms with E-state index in [2.05, 4.69) is 20.8 Å². The quantitative estimate of drug-likeness (QED) is 0.333. The van der Waals surface area contributed by atoms with Gasteiger partial charge in [0.25, 0.3) is 0 Å². The fourth-order valence-corrected chi connectivity index (χ4v) is 4.23. The van der Waals surface area contributed by atoms with Crippen molar-refractivity contribution < 1.29 is 19.5 Å². The van der Waals surface area contributed by atoms with Crippen LogP contribution < -0.4 is 10.6 Å². The third kappa shape index (κ3) is 6.50. The molecule has 1 atom stereocenters. The first-order valence-electron chi connectivity index (χ1n) is 9.47. The predicted octanol–water partition coefficient (Wildman–Crippen LogP) is 4.29. The van der Waals surface area contributed by atoms with Gasteiger partial charge in [-0.3, -0.25) is 14.9 Å². The number of nitrogens with zero attached hydrogens (tertiary/aromatic N) is 2. The van der Waals surface area contributed by atoms with E-state index in [1.807, 2.05) is 37.3 Å². The van der Waals surface area contributed by atoms with E-state index in [9.17, 15) is 14.4 Å². The number of hydrogen-bond acceptors (Lipinski definition) is 7. The van der Waals surface area contributed by atoms with E-state index in [0.717, 1.165) is 21.5 Å². The fourth-order valence-electron chi connectivity index (χ4n) is 2.61. The molecule has 3 rings (SSSR count). The van der Waals surface area contributed by atoms with Crippen LogP contribution in [0, 0.1) is 6.92 Å². The molecule has 0 saturated heterocycles. The molecule has 3 N–H and O–H groups in total. The molecule has 10 heteroatoms. The largest absolute Gasteiger partial charge is 0.478 e. The summed E-state index contributed by atoms with van der Waals surface area (Å²) in [6.45, 7) is 3.16. The molecule has 0 saturated carbocycles. The van der Waals surface area contributed by atoms with Gasteiger partial charge in [-0.05, 0) is 43.7 Å². The lowest BCUT2D eigenvalue weighted by Gasteiger charge is -2.16. The molecule has 0 spiro atoms. The van der Waals surface area contributed by atoms with Crippen LogP contribution in [0.5, 0.6) is 0 Å². The summed E-state index contributed by atoms with van der Waals surface area (Å²) in [7, 11) is 0. The maximum absolute atomic E-state index is 13.0. The Kier molecular flexibility index (Phi) is 7.74. The van der Waals surface area contributed by atoms with Crippen LogP contribution >= 0.6 is 23.1 Å². The van der Waals surface area contributed by atoms with Gasteiger partial charge in [0.05, 0.1) is 0 Å². The van der Waals surface area contributed by atoms with Gasteiger partial charge in [0.1, 0.15) is 10.3 Å². The first-order valence-corrected chi connectivity index (χ1v) is 11.2. The zero-order valence-corrected chi connectivity index (χ0v) is 18.9. The van der Waals surface area contributed by atoms with Gasteiger partial charge in [0.15, 0.2) is 0 Å². The number of amides is 2. The van der Waals surface area contributed by atoms with Crippen molar-refractivity contribution in [1.82, 2.24) is 10.2 Å². The Morgan fingerprint density at radius 3 is 2.31 bits per heavy atom. The van der Waals surface area contributed by atoms with E-state index in [0.29, 0.717) is 10.8 Å². The number of nitrogens with one attached hydrogen (secondary N) is 2. The van der Waals surface area contributed by atoms with Crippen LogP contribution in [0.4, 0.5) is 10.8 Å². The summed E-state index contributed by atoms with van der Waals surface area (Å²) in [5, 5.41) is 22.8. The van der Waals surface area contributed by atoms with Crippen molar-refractivity contribution in [2.75, 3.05) is 10.6 Å². The molecule has 2 amide bonds. The number of carbonyl (C=O) groups is 3. The average Bonchev–Trinajstić information content (AvgIpc) is 3.18. The fraction of sp³-hybridized carbons (Fsp3) is 0.136. The topological polar surface area (TPSA) is 121 Å². The van der Waals surface area contributed by atoms with Crippen LogP contribution in [0.15, 0.2) is 71.1 Å². The molecule has 1 heterocycles. The number of aryl methyl sites for hydroxylation is 1. The minimum Gasteiger partial charge on any atom is -0.478 e. The number of carboxylic acids is 1. The van der Waals surface area contributed by atoms with Gasteiger partial charge < -0.3 is 10.4 Å². The Morgan fingerprint density at radius 2 is 1.72 bits per heavy atom. The number of carboxylic acid groups (broad SMARTS) is 1. The lowest BCUT2D eigenvalue weighted by molar-refractivity contribution is -0.132. The maximum Gasteiger partial charge on any atom is 0.331 e. The molecule has 3 aromatic rings. The Labute approximate surface area is 192 Å². The molecule has 0 aliphatic heterocycles. The lowest BCUT2D eigenvalue weighted by atomic mass is 10.1. The summed E-state index contributed by atoms with van der Waals surface area (Å²) in [6, 6.07) is 16.3. The molecule has 0 aliphatic rings. The van der Waals surface area contributed by atoms with Crippen LogP contribution in [-0.2, 0) is 14.4 Å². The number of benzene rings is 2. The Balaban J connectivity index is 1.73. The maximum atomic E-state index is 13.0. The molecule has 0 bridgehead atoms. The van der Waals surface area contributed by atoms with Crippen molar-refractivity contribution >= 4 is 51.7 Å². The van der Waals surface area contributed by atoms with Crippen molar-refractivity contribution in [3.63, 3.8) is 0 Å². The average molecular weight is 469 g/mol. The van der Waals surface area contributed by atoms with Crippen molar-refractivity contribution in [2.24, 2.45) is 0 Å². The minimum atomic E-state index is -1.15. The zero-order valence-electron chi connectivity index (χ0n) is 17.2. The summed E-state index contributed by atoms with van der Waals surface area (Å²) in [5.41, 5.74) is 1.29. The number of aliphatic carboxylic acids is 1. The second-order valence-corrected chi connectivity index (χ2v) is 9.03. The summed E-state index contributed by atoms with van der Waals surface area (Å²) in [4.78, 5) is 36.6. The lowest BCUT2D eigenvalue weighted by Crippen LogP contribution is -2.19. The molecule has 32 heavy (non-hydrogen) atoms. The summed E-state index contributed by atoms with van der Waals surface area (Å²) in [5.74, 6) is -1.90. The monoisotopic (exact) mass is 468 g/mol. The molecule has 0 radical (unpaired) electrons. The van der Waals surface area contributed by atoms with E-state index in [1.165, 1.54) is 30.0 Å². The first-order chi connectivity index (χ1) is 15.3. The molecular formula is C22H20N4O4S2. The van der Waals surface area contributed by atoms with Crippen LogP contribution in [0.2, 0.25) is 0 Å². The second-order valence-electron chi connectivity index (χ2n) is 6.67. The molecule has 164 valence electrons. The number of thioether (sulfide) groups is 1. The van der Waals surface area contributed by atoms with Crippen molar-refractivity contribution in [2.45, 2.75) is 24.0 Å². The molecule has 1 aromatic heterocycles. The van der Waals surface area contributed by atoms with Gasteiger partial charge in [-0.2, -0.15) is 0 Å². The number of anilines is 2. The van der Waals surface area contributed by atoms with Crippen LogP contribution in [0.25, 0.3) is 0 Å². The van der Waals surface area contributed by atoms with E-state index >= 15 is 0 Å². The Morgan fingerprint density at radius 1 is 1.03 bits per heavy atom. The van der Waals surface area contributed by atoms with Gasteiger partial charge in [-0.1, -0.05) is 41.7 Å². The van der Waals surface area contributed by atoms with E-state index in [4.69, 9.17) is 5.11 Å². The number of rotatable bonds is 8. The van der Waals surface area contributed by atoms with Gasteiger partial charge in [0.2, 0.25) is 16.9 Å². The third-order valence-corrected chi connectivity index (χ3v) is 6.18. The molecule has 8 nitrogen and oxygen atoms in total. The highest BCUT2D eigenvalue weighted by molar-refractivity contribution is 8.00. The summed E-state index contributed by atoms with van der Waals surface area (Å²) < 4.78 is 0. The first kappa shape index (κ1) is 23.2. The van der Waals surface area contributed by atoms with Crippen LogP contribution in [0.3, 0.4) is 0 Å². The van der Waals surface area contributed by atoms with Gasteiger partial charge >= 0.3 is 5.97 Å². The number of carbonyl (C=O) groups excluding carboxylic acids is 2. The molecule has 0 fully saturated rings. The highest BCUT2D eigenvalue weighted by Crippen LogP contribution is 2.36. The predicted molar refractivity (Wildman–Crippen MR) is 125 cm³/mol. The molecule has 1 unspecified atom stereocenters. The SMILES string of the molecule is C/C(=C/C(=O)Nc1ccc(SC(C(=O)Nc2nnc(C)s2)c2ccccc2)cc1)C(=O)O. The highest BCUT2D eigenvalue weighted by atomic mass is 32.2. The highest BCUT2D eigenvalue weighted by Gasteiger charge is 2.23. The standard InChI is InChI=1S/C22H20N4O4S2/c1-13(21(29)30)12-18(27)23-16-8-10-17(11-9-16)32-19(15-6-4-3-5-7-15)20(28)24-22-26-25-14(2)31-22/h3-12,19H,1-2H3,(H,23,27)(H,29,30)(H,24,26,28)/b13-12-. The Bertz CT molecular complexity index is 1140. The van der Waals surface area contributed by atoms with E-state index < -0.39 is 17.1 Å². The molecular weight excluding hydrogens is 448 g/mol.